The van der Waals surface area contributed by atoms with Crippen molar-refractivity contribution in [3.8, 4) is 0 Å². The summed E-state index contributed by atoms with van der Waals surface area (Å²) in [4.78, 5) is 25.6. The Labute approximate surface area is 121 Å². The second-order valence-electron chi connectivity index (χ2n) is 4.75. The van der Waals surface area contributed by atoms with Gasteiger partial charge in [0.2, 0.25) is 11.8 Å². The van der Waals surface area contributed by atoms with E-state index in [2.05, 4.69) is 5.32 Å². The van der Waals surface area contributed by atoms with Crippen LogP contribution in [-0.4, -0.2) is 23.3 Å². The van der Waals surface area contributed by atoms with Gasteiger partial charge in [-0.3, -0.25) is 9.59 Å². The van der Waals surface area contributed by atoms with Crippen molar-refractivity contribution < 1.29 is 14.0 Å². The number of nitrogens with zero attached hydrogens (tertiary/aromatic N) is 1. The predicted molar refractivity (Wildman–Crippen MR) is 78.2 cm³/mol. The monoisotopic (exact) mass is 282 g/mol. The lowest BCUT2D eigenvalue weighted by atomic mass is 10.1. The lowest BCUT2D eigenvalue weighted by Gasteiger charge is -2.17. The number of nitrogens with one attached hydrogen (secondary N) is 1. The Morgan fingerprint density at radius 1 is 1.19 bits per heavy atom. The first-order valence-corrected chi connectivity index (χ1v) is 6.60. The van der Waals surface area contributed by atoms with Crippen LogP contribution in [0.5, 0.6) is 0 Å². The summed E-state index contributed by atoms with van der Waals surface area (Å²) in [5.74, 6) is 0.181. The minimum absolute atomic E-state index is 0.0377. The number of carbonyl (C=O) groups excluding carboxylic acids is 2. The van der Waals surface area contributed by atoms with Gasteiger partial charge in [-0.15, -0.1) is 0 Å². The minimum atomic E-state index is -0.224. The zero-order valence-electron chi connectivity index (χ0n) is 11.3. The molecule has 1 aromatic carbocycles. The Bertz CT molecular complexity index is 689. The first kappa shape index (κ1) is 13.2. The predicted octanol–water partition coefficient (Wildman–Crippen LogP) is 2.27. The van der Waals surface area contributed by atoms with Crippen molar-refractivity contribution in [1.82, 2.24) is 4.90 Å². The number of para-hydroxylation sites is 1. The lowest BCUT2D eigenvalue weighted by Crippen LogP contribution is -2.34. The molecule has 3 rings (SSSR count). The molecule has 0 fully saturated rings. The molecule has 2 aromatic rings. The molecule has 0 atom stereocenters. The molecule has 0 bridgehead atoms. The lowest BCUT2D eigenvalue weighted by molar-refractivity contribution is -0.130. The van der Waals surface area contributed by atoms with Crippen molar-refractivity contribution in [2.75, 3.05) is 11.9 Å². The number of anilines is 1. The van der Waals surface area contributed by atoms with E-state index >= 15 is 0 Å². The topological polar surface area (TPSA) is 62.6 Å². The summed E-state index contributed by atoms with van der Waals surface area (Å²) in [5.41, 5.74) is 1.68. The molecule has 0 saturated heterocycles. The molecule has 0 unspecified atom stereocenters. The summed E-state index contributed by atoms with van der Waals surface area (Å²) < 4.78 is 5.14. The maximum absolute atomic E-state index is 12.2. The summed E-state index contributed by atoms with van der Waals surface area (Å²) in [6, 6.07) is 11.0. The zero-order valence-corrected chi connectivity index (χ0v) is 11.3. The second kappa shape index (κ2) is 5.66. The van der Waals surface area contributed by atoms with Crippen molar-refractivity contribution in [2.45, 2.75) is 6.54 Å². The molecule has 1 aromatic heterocycles. The highest BCUT2D eigenvalue weighted by Crippen LogP contribution is 2.20. The van der Waals surface area contributed by atoms with Gasteiger partial charge in [-0.1, -0.05) is 18.2 Å². The molecule has 2 amide bonds. The third-order valence-corrected chi connectivity index (χ3v) is 3.23. The highest BCUT2D eigenvalue weighted by atomic mass is 16.3. The molecule has 5 nitrogen and oxygen atoms in total. The van der Waals surface area contributed by atoms with Crippen molar-refractivity contribution in [3.63, 3.8) is 0 Å². The Kier molecular flexibility index (Phi) is 3.55. The Balaban J connectivity index is 1.79. The van der Waals surface area contributed by atoms with E-state index in [0.29, 0.717) is 12.3 Å². The number of carbonyl (C=O) groups is 2. The van der Waals surface area contributed by atoms with E-state index in [1.165, 1.54) is 11.0 Å². The molecule has 0 saturated carbocycles. The fraction of sp³-hybridized carbons (Fsp3) is 0.125. The van der Waals surface area contributed by atoms with Crippen molar-refractivity contribution >= 4 is 23.6 Å². The number of furan rings is 1. The van der Waals surface area contributed by atoms with Crippen LogP contribution >= 0.6 is 0 Å². The molecule has 0 radical (unpaired) electrons. The van der Waals surface area contributed by atoms with Crippen LogP contribution in [0.25, 0.3) is 6.08 Å². The van der Waals surface area contributed by atoms with Crippen LogP contribution in [-0.2, 0) is 16.1 Å². The largest absolute Gasteiger partial charge is 0.465 e. The summed E-state index contributed by atoms with van der Waals surface area (Å²) in [6.07, 6.45) is 4.55. The van der Waals surface area contributed by atoms with E-state index in [4.69, 9.17) is 4.42 Å². The van der Waals surface area contributed by atoms with E-state index < -0.39 is 0 Å². The van der Waals surface area contributed by atoms with Gasteiger partial charge in [0.1, 0.15) is 12.3 Å². The van der Waals surface area contributed by atoms with Crippen LogP contribution < -0.4 is 5.32 Å². The van der Waals surface area contributed by atoms with Gasteiger partial charge in [0, 0.05) is 18.3 Å². The van der Waals surface area contributed by atoms with E-state index in [0.717, 1.165) is 11.3 Å². The van der Waals surface area contributed by atoms with Crippen molar-refractivity contribution in [1.29, 1.82) is 0 Å². The molecule has 5 heteroatoms. The van der Waals surface area contributed by atoms with Crippen molar-refractivity contribution in [2.24, 2.45) is 0 Å². The summed E-state index contributed by atoms with van der Waals surface area (Å²) in [5, 5.41) is 2.80. The van der Waals surface area contributed by atoms with E-state index in [9.17, 15) is 9.59 Å². The van der Waals surface area contributed by atoms with Gasteiger partial charge in [-0.2, -0.15) is 0 Å². The fourth-order valence-electron chi connectivity index (χ4n) is 2.21. The summed E-state index contributed by atoms with van der Waals surface area (Å²) >= 11 is 0. The highest BCUT2D eigenvalue weighted by molar-refractivity contribution is 5.99. The molecule has 1 N–H and O–H groups in total. The zero-order chi connectivity index (χ0) is 14.7. The van der Waals surface area contributed by atoms with Crippen LogP contribution in [0.2, 0.25) is 0 Å². The number of hydrogen-bond acceptors (Lipinski definition) is 3. The summed E-state index contributed by atoms with van der Waals surface area (Å²) in [6.45, 7) is 0.437. The van der Waals surface area contributed by atoms with E-state index in [1.54, 1.807) is 24.5 Å². The third-order valence-electron chi connectivity index (χ3n) is 3.23. The molecule has 1 aliphatic rings. The molecule has 106 valence electrons. The molecule has 2 heterocycles. The number of amides is 2. The van der Waals surface area contributed by atoms with Gasteiger partial charge in [0.15, 0.2) is 0 Å². The van der Waals surface area contributed by atoms with Gasteiger partial charge < -0.3 is 14.6 Å². The van der Waals surface area contributed by atoms with Crippen molar-refractivity contribution in [3.05, 3.63) is 60.1 Å². The molecule has 21 heavy (non-hydrogen) atoms. The molecule has 0 spiro atoms. The number of hydrogen-bond donors (Lipinski definition) is 1. The maximum atomic E-state index is 12.2. The molecular weight excluding hydrogens is 268 g/mol. The quantitative estimate of drug-likeness (QED) is 0.859. The summed E-state index contributed by atoms with van der Waals surface area (Å²) in [7, 11) is 0. The van der Waals surface area contributed by atoms with Crippen LogP contribution in [0.15, 0.2) is 53.2 Å². The van der Waals surface area contributed by atoms with Gasteiger partial charge in [0.25, 0.3) is 0 Å². The van der Waals surface area contributed by atoms with Gasteiger partial charge in [0.05, 0.1) is 6.26 Å². The Morgan fingerprint density at radius 3 is 2.86 bits per heavy atom. The first-order valence-electron chi connectivity index (χ1n) is 6.60. The average molecular weight is 282 g/mol. The van der Waals surface area contributed by atoms with Crippen LogP contribution in [0, 0.1) is 0 Å². The SMILES string of the molecule is O=C1CN(C(=O)C=Cc2ccco2)Cc2ccccc2N1. The number of benzene rings is 1. The normalized spacial score (nSPS) is 14.7. The van der Waals surface area contributed by atoms with Gasteiger partial charge >= 0.3 is 0 Å². The first-order chi connectivity index (χ1) is 10.2. The second-order valence-corrected chi connectivity index (χ2v) is 4.75. The Hall–Kier alpha value is -2.82. The van der Waals surface area contributed by atoms with Gasteiger partial charge in [-0.25, -0.2) is 0 Å². The molecule has 1 aliphatic heterocycles. The smallest absolute Gasteiger partial charge is 0.247 e. The number of fused-ring (bicyclic) bond motifs is 1. The highest BCUT2D eigenvalue weighted by Gasteiger charge is 2.21. The fourth-order valence-corrected chi connectivity index (χ4v) is 2.21. The maximum Gasteiger partial charge on any atom is 0.247 e. The minimum Gasteiger partial charge on any atom is -0.465 e. The average Bonchev–Trinajstić information content (AvgIpc) is 2.93. The van der Waals surface area contributed by atoms with Crippen LogP contribution in [0.4, 0.5) is 5.69 Å². The van der Waals surface area contributed by atoms with E-state index in [-0.39, 0.29) is 18.4 Å². The molecular formula is C16H14N2O3. The Morgan fingerprint density at radius 2 is 2.05 bits per heavy atom. The van der Waals surface area contributed by atoms with E-state index in [1.807, 2.05) is 24.3 Å². The van der Waals surface area contributed by atoms with Crippen LogP contribution in [0.1, 0.15) is 11.3 Å². The third kappa shape index (κ3) is 3.02. The molecule has 0 aliphatic carbocycles. The number of rotatable bonds is 2. The standard InChI is InChI=1S/C16H14N2O3/c19-15-11-18(10-12-4-1-2-6-14(12)17-15)16(20)8-7-13-5-3-9-21-13/h1-9H,10-11H2,(H,17,19). The van der Waals surface area contributed by atoms with Crippen LogP contribution in [0.3, 0.4) is 0 Å². The van der Waals surface area contributed by atoms with Gasteiger partial charge in [-0.05, 0) is 29.8 Å².